The number of hydrogen-bond acceptors (Lipinski definition) is 7. The zero-order valence-corrected chi connectivity index (χ0v) is 16.2. The van der Waals surface area contributed by atoms with E-state index in [2.05, 4.69) is 0 Å². The summed E-state index contributed by atoms with van der Waals surface area (Å²) in [5.74, 6) is -0.215. The molecular weight excluding hydrogens is 370 g/mol. The zero-order chi connectivity index (χ0) is 19.3. The van der Waals surface area contributed by atoms with Gasteiger partial charge in [-0.2, -0.15) is 0 Å². The minimum atomic E-state index is -4.25. The average molecular weight is 395 g/mol. The van der Waals surface area contributed by atoms with E-state index < -0.39 is 32.2 Å². The second-order valence-electron chi connectivity index (χ2n) is 6.83. The largest absolute Gasteiger partial charge is 0.744 e. The fourth-order valence-corrected chi connectivity index (χ4v) is 4.20. The Morgan fingerprint density at radius 2 is 1.76 bits per heavy atom. The second-order valence-corrected chi connectivity index (χ2v) is 10.4. The molecule has 0 bridgehead atoms. The van der Waals surface area contributed by atoms with Crippen molar-refractivity contribution >= 4 is 20.0 Å². The van der Waals surface area contributed by atoms with Crippen LogP contribution in [0.15, 0.2) is 35.2 Å². The van der Waals surface area contributed by atoms with Gasteiger partial charge in [-0.1, -0.05) is 18.2 Å². The van der Waals surface area contributed by atoms with Crippen molar-refractivity contribution in [1.29, 1.82) is 0 Å². The van der Waals surface area contributed by atoms with Gasteiger partial charge in [0.05, 0.1) is 56.4 Å². The molecule has 0 aliphatic carbocycles. The summed E-state index contributed by atoms with van der Waals surface area (Å²) in [5, 5.41) is 9.44. The Hall–Kier alpha value is -1.04. The molecule has 0 spiro atoms. The van der Waals surface area contributed by atoms with Crippen LogP contribution in [0.4, 0.5) is 0 Å². The molecule has 0 aromatic heterocycles. The molecule has 1 aliphatic heterocycles. The maximum atomic E-state index is 11.2. The van der Waals surface area contributed by atoms with E-state index in [-0.39, 0.29) is 16.4 Å². The lowest BCUT2D eigenvalue weighted by Crippen LogP contribution is -2.39. The first-order valence-corrected chi connectivity index (χ1v) is 10.8. The SMILES string of the molecule is C[N+](C)(C)CCOC1CS(=O)(=O)CC1O.O=S(=O)([O-])c1ccccc1. The third kappa shape index (κ3) is 8.75. The van der Waals surface area contributed by atoms with Crippen molar-refractivity contribution in [3.63, 3.8) is 0 Å². The van der Waals surface area contributed by atoms with E-state index in [4.69, 9.17) is 4.74 Å². The quantitative estimate of drug-likeness (QED) is 0.525. The van der Waals surface area contributed by atoms with E-state index in [0.29, 0.717) is 6.61 Å². The third-order valence-electron chi connectivity index (χ3n) is 3.40. The van der Waals surface area contributed by atoms with Crippen molar-refractivity contribution < 1.29 is 35.7 Å². The Balaban J connectivity index is 0.000000271. The molecular formula is C15H25NO7S2. The van der Waals surface area contributed by atoms with Gasteiger partial charge in [-0.15, -0.1) is 0 Å². The normalized spacial score (nSPS) is 22.9. The maximum absolute atomic E-state index is 11.2. The summed E-state index contributed by atoms with van der Waals surface area (Å²) in [7, 11) is -1.24. The fourth-order valence-electron chi connectivity index (χ4n) is 2.02. The van der Waals surface area contributed by atoms with Crippen LogP contribution in [0.5, 0.6) is 0 Å². The number of likely N-dealkylation sites (N-methyl/N-ethyl adjacent to an activating group) is 1. The molecule has 1 aromatic carbocycles. The van der Waals surface area contributed by atoms with Gasteiger partial charge in [0, 0.05) is 0 Å². The highest BCUT2D eigenvalue weighted by molar-refractivity contribution is 7.91. The van der Waals surface area contributed by atoms with Crippen LogP contribution in [0.3, 0.4) is 0 Å². The summed E-state index contributed by atoms with van der Waals surface area (Å²) in [6.45, 7) is 1.27. The van der Waals surface area contributed by atoms with Crippen LogP contribution in [-0.2, 0) is 24.7 Å². The van der Waals surface area contributed by atoms with Crippen molar-refractivity contribution in [2.24, 2.45) is 0 Å². The van der Waals surface area contributed by atoms with E-state index in [0.717, 1.165) is 11.0 Å². The minimum Gasteiger partial charge on any atom is -0.744 e. The van der Waals surface area contributed by atoms with Gasteiger partial charge < -0.3 is 18.9 Å². The Bertz CT molecular complexity index is 740. The van der Waals surface area contributed by atoms with Crippen LogP contribution in [0.2, 0.25) is 0 Å². The van der Waals surface area contributed by atoms with Crippen molar-refractivity contribution in [1.82, 2.24) is 0 Å². The van der Waals surface area contributed by atoms with Gasteiger partial charge in [0.25, 0.3) is 0 Å². The van der Waals surface area contributed by atoms with Crippen LogP contribution < -0.4 is 0 Å². The minimum absolute atomic E-state index is 0.0503. The lowest BCUT2D eigenvalue weighted by molar-refractivity contribution is -0.870. The first kappa shape index (κ1) is 22.0. The lowest BCUT2D eigenvalue weighted by atomic mass is 10.3. The first-order valence-electron chi connectivity index (χ1n) is 7.62. The van der Waals surface area contributed by atoms with E-state index in [9.17, 15) is 26.5 Å². The molecule has 0 amide bonds. The lowest BCUT2D eigenvalue weighted by Gasteiger charge is -2.24. The molecule has 1 aliphatic rings. The van der Waals surface area contributed by atoms with Crippen LogP contribution in [-0.4, -0.2) is 89.0 Å². The summed E-state index contributed by atoms with van der Waals surface area (Å²) >= 11 is 0. The monoisotopic (exact) mass is 395 g/mol. The number of hydrogen-bond donors (Lipinski definition) is 1. The van der Waals surface area contributed by atoms with Gasteiger partial charge >= 0.3 is 0 Å². The average Bonchev–Trinajstić information content (AvgIpc) is 2.71. The highest BCUT2D eigenvalue weighted by Crippen LogP contribution is 2.15. The smallest absolute Gasteiger partial charge is 0.155 e. The van der Waals surface area contributed by atoms with Crippen molar-refractivity contribution in [2.75, 3.05) is 45.8 Å². The van der Waals surface area contributed by atoms with Crippen molar-refractivity contribution in [3.8, 4) is 0 Å². The number of ether oxygens (including phenoxy) is 1. The van der Waals surface area contributed by atoms with E-state index in [1.54, 1.807) is 6.07 Å². The zero-order valence-electron chi connectivity index (χ0n) is 14.5. The second kappa shape index (κ2) is 8.56. The maximum Gasteiger partial charge on any atom is 0.155 e. The number of aliphatic hydroxyl groups excluding tert-OH is 1. The van der Waals surface area contributed by atoms with Crippen LogP contribution >= 0.6 is 0 Å². The molecule has 2 rings (SSSR count). The number of rotatable bonds is 5. The van der Waals surface area contributed by atoms with E-state index in [1.165, 1.54) is 24.3 Å². The molecule has 1 saturated heterocycles. The summed E-state index contributed by atoms with van der Waals surface area (Å²) < 4.78 is 59.3. The third-order valence-corrected chi connectivity index (χ3v) is 5.93. The summed E-state index contributed by atoms with van der Waals surface area (Å²) in [6, 6.07) is 7.19. The van der Waals surface area contributed by atoms with Gasteiger partial charge in [-0.25, -0.2) is 16.8 Å². The Morgan fingerprint density at radius 3 is 2.12 bits per heavy atom. The number of sulfone groups is 1. The summed E-state index contributed by atoms with van der Waals surface area (Å²) in [5.41, 5.74) is 0. The van der Waals surface area contributed by atoms with Crippen LogP contribution in [0.25, 0.3) is 0 Å². The van der Waals surface area contributed by atoms with E-state index in [1.807, 2.05) is 21.1 Å². The highest BCUT2D eigenvalue weighted by Gasteiger charge is 2.37. The summed E-state index contributed by atoms with van der Waals surface area (Å²) in [4.78, 5) is -0.185. The molecule has 144 valence electrons. The Morgan fingerprint density at radius 1 is 1.20 bits per heavy atom. The topological polar surface area (TPSA) is 121 Å². The Kier molecular flexibility index (Phi) is 7.54. The predicted octanol–water partition coefficient (Wildman–Crippen LogP) is -0.542. The van der Waals surface area contributed by atoms with Gasteiger partial charge in [-0.05, 0) is 12.1 Å². The number of aliphatic hydroxyl groups is 1. The number of benzene rings is 1. The predicted molar refractivity (Wildman–Crippen MR) is 91.7 cm³/mol. The number of quaternary nitrogens is 1. The fraction of sp³-hybridized carbons (Fsp3) is 0.600. The van der Waals surface area contributed by atoms with E-state index >= 15 is 0 Å². The number of nitrogens with zero attached hydrogens (tertiary/aromatic N) is 1. The van der Waals surface area contributed by atoms with Crippen molar-refractivity contribution in [2.45, 2.75) is 17.1 Å². The van der Waals surface area contributed by atoms with Gasteiger partial charge in [-0.3, -0.25) is 0 Å². The molecule has 1 N–H and O–H groups in total. The molecule has 0 saturated carbocycles. The molecule has 8 nitrogen and oxygen atoms in total. The standard InChI is InChI=1S/C9H20NO4S.C6H6O3S/c1-10(2,3)4-5-14-9-7-15(12,13)6-8(9)11;7-10(8,9)6-4-2-1-3-5-6/h8-9,11H,4-7H2,1-3H3;1-5H,(H,7,8,9)/q+1;/p-1. The van der Waals surface area contributed by atoms with Crippen molar-refractivity contribution in [3.05, 3.63) is 30.3 Å². The molecule has 25 heavy (non-hydrogen) atoms. The molecule has 2 atom stereocenters. The van der Waals surface area contributed by atoms with Gasteiger partial charge in [0.15, 0.2) is 9.84 Å². The molecule has 0 radical (unpaired) electrons. The first-order chi connectivity index (χ1) is 11.3. The molecule has 1 heterocycles. The summed E-state index contributed by atoms with van der Waals surface area (Å²) in [6.07, 6.45) is -1.40. The van der Waals surface area contributed by atoms with Gasteiger partial charge in [0.2, 0.25) is 0 Å². The van der Waals surface area contributed by atoms with Crippen LogP contribution in [0, 0.1) is 0 Å². The highest BCUT2D eigenvalue weighted by atomic mass is 32.2. The van der Waals surface area contributed by atoms with Gasteiger partial charge in [0.1, 0.15) is 16.7 Å². The van der Waals surface area contributed by atoms with Crippen LogP contribution in [0.1, 0.15) is 0 Å². The molecule has 10 heteroatoms. The molecule has 2 unspecified atom stereocenters. The molecule has 1 fully saturated rings. The molecule has 1 aromatic rings. The Labute approximate surface area is 149 Å².